The summed E-state index contributed by atoms with van der Waals surface area (Å²) in [6.45, 7) is 2.92. The number of H-pyrrole nitrogens is 1. The van der Waals surface area contributed by atoms with Crippen molar-refractivity contribution in [3.05, 3.63) is 77.2 Å². The van der Waals surface area contributed by atoms with Gasteiger partial charge in [-0.1, -0.05) is 36.4 Å². The normalized spacial score (nSPS) is 14.2. The minimum atomic E-state index is 0.0795. The van der Waals surface area contributed by atoms with Gasteiger partial charge in [-0.3, -0.25) is 4.79 Å². The Bertz CT molecular complexity index is 1270. The van der Waals surface area contributed by atoms with Crippen molar-refractivity contribution in [1.82, 2.24) is 14.5 Å². The first kappa shape index (κ1) is 16.9. The third kappa shape index (κ3) is 2.34. The van der Waals surface area contributed by atoms with Gasteiger partial charge in [-0.05, 0) is 31.0 Å². The van der Waals surface area contributed by atoms with Gasteiger partial charge in [0, 0.05) is 54.3 Å². The van der Waals surface area contributed by atoms with Crippen LogP contribution in [-0.2, 0) is 13.5 Å². The number of ketones is 1. The number of aryl methyl sites for hydroxylation is 1. The van der Waals surface area contributed by atoms with E-state index in [0.717, 1.165) is 51.9 Å². The van der Waals surface area contributed by atoms with E-state index in [2.05, 4.69) is 38.7 Å². The molecule has 3 heterocycles. The van der Waals surface area contributed by atoms with Crippen molar-refractivity contribution < 1.29 is 4.79 Å². The predicted molar refractivity (Wildman–Crippen MR) is 115 cm³/mol. The molecule has 0 amide bonds. The minimum Gasteiger partial charge on any atom is -0.379 e. The number of aromatic amines is 1. The van der Waals surface area contributed by atoms with Gasteiger partial charge in [-0.25, -0.2) is 0 Å². The number of hydrogen-bond donors (Lipinski definition) is 1. The van der Waals surface area contributed by atoms with E-state index >= 15 is 0 Å². The molecular weight excluding hydrogens is 346 g/mol. The zero-order valence-corrected chi connectivity index (χ0v) is 16.4. The molecule has 1 aliphatic rings. The number of para-hydroxylation sites is 2. The summed E-state index contributed by atoms with van der Waals surface area (Å²) < 4.78 is 2.11. The van der Waals surface area contributed by atoms with Gasteiger partial charge in [0.25, 0.3) is 0 Å². The summed E-state index contributed by atoms with van der Waals surface area (Å²) in [5.74, 6) is 0.0795. The van der Waals surface area contributed by atoms with Crippen LogP contribution in [0.15, 0.2) is 54.7 Å². The molecule has 0 atom stereocenters. The molecule has 0 bridgehead atoms. The molecule has 5 rings (SSSR count). The Labute approximate surface area is 164 Å². The molecule has 4 aromatic rings. The lowest BCUT2D eigenvalue weighted by Crippen LogP contribution is -2.14. The van der Waals surface area contributed by atoms with Crippen molar-refractivity contribution >= 4 is 33.2 Å². The number of likely N-dealkylation sites (N-methyl/N-ethyl adjacent to an activating group) is 1. The number of carbonyl (C=O) groups excluding carboxylic acids is 1. The fourth-order valence-electron chi connectivity index (χ4n) is 4.44. The zero-order chi connectivity index (χ0) is 19.4. The van der Waals surface area contributed by atoms with Gasteiger partial charge in [0.1, 0.15) is 0 Å². The third-order valence-corrected chi connectivity index (χ3v) is 6.02. The fraction of sp³-hybridized carbons (Fsp3) is 0.208. The predicted octanol–water partition coefficient (Wildman–Crippen LogP) is 4.68. The summed E-state index contributed by atoms with van der Waals surface area (Å²) in [4.78, 5) is 19.5. The second kappa shape index (κ2) is 6.13. The Morgan fingerprint density at radius 1 is 1.00 bits per heavy atom. The van der Waals surface area contributed by atoms with E-state index in [4.69, 9.17) is 0 Å². The number of rotatable bonds is 2. The number of nitrogens with zero attached hydrogens (tertiary/aromatic N) is 2. The highest BCUT2D eigenvalue weighted by molar-refractivity contribution is 6.33. The van der Waals surface area contributed by atoms with E-state index < -0.39 is 0 Å². The van der Waals surface area contributed by atoms with Gasteiger partial charge >= 0.3 is 0 Å². The number of carbonyl (C=O) groups is 1. The van der Waals surface area contributed by atoms with Crippen molar-refractivity contribution in [2.45, 2.75) is 13.3 Å². The molecule has 0 radical (unpaired) electrons. The standard InChI is InChI=1S/C24H23N3O/c1-15-22(18-9-5-7-11-21(18)27(15)3)24(28)19-14-26(2)13-12-17-16-8-4-6-10-20(16)25-23(17)19/h4-11,14,25H,12-13H2,1-3H3. The second-order valence-electron chi connectivity index (χ2n) is 7.66. The summed E-state index contributed by atoms with van der Waals surface area (Å²) in [6.07, 6.45) is 2.92. The number of benzene rings is 2. The van der Waals surface area contributed by atoms with Crippen LogP contribution in [0.4, 0.5) is 0 Å². The van der Waals surface area contributed by atoms with Crippen LogP contribution in [0.5, 0.6) is 0 Å². The lowest BCUT2D eigenvalue weighted by Gasteiger charge is -2.12. The van der Waals surface area contributed by atoms with Crippen LogP contribution < -0.4 is 0 Å². The quantitative estimate of drug-likeness (QED) is 0.521. The molecule has 1 aliphatic heterocycles. The van der Waals surface area contributed by atoms with Gasteiger partial charge < -0.3 is 14.5 Å². The Morgan fingerprint density at radius 3 is 2.54 bits per heavy atom. The Hall–Kier alpha value is -3.27. The van der Waals surface area contributed by atoms with Crippen LogP contribution in [0.25, 0.3) is 27.4 Å². The van der Waals surface area contributed by atoms with Crippen LogP contribution in [0.1, 0.15) is 27.3 Å². The van der Waals surface area contributed by atoms with Crippen LogP contribution >= 0.6 is 0 Å². The average Bonchev–Trinajstić information content (AvgIpc) is 3.13. The molecule has 0 spiro atoms. The monoisotopic (exact) mass is 369 g/mol. The largest absolute Gasteiger partial charge is 0.379 e. The molecule has 0 aliphatic carbocycles. The molecule has 2 aromatic carbocycles. The first-order chi connectivity index (χ1) is 13.6. The van der Waals surface area contributed by atoms with E-state index in [9.17, 15) is 4.79 Å². The Kier molecular flexibility index (Phi) is 3.69. The molecule has 0 saturated carbocycles. The first-order valence-electron chi connectivity index (χ1n) is 9.67. The van der Waals surface area contributed by atoms with Crippen molar-refractivity contribution in [3.63, 3.8) is 0 Å². The third-order valence-electron chi connectivity index (χ3n) is 6.02. The van der Waals surface area contributed by atoms with E-state index in [0.29, 0.717) is 0 Å². The Morgan fingerprint density at radius 2 is 1.71 bits per heavy atom. The topological polar surface area (TPSA) is 41.0 Å². The molecule has 0 fully saturated rings. The molecule has 4 heteroatoms. The number of hydrogen-bond acceptors (Lipinski definition) is 2. The van der Waals surface area contributed by atoms with Crippen LogP contribution in [0, 0.1) is 6.92 Å². The maximum atomic E-state index is 13.9. The second-order valence-corrected chi connectivity index (χ2v) is 7.66. The summed E-state index contributed by atoms with van der Waals surface area (Å²) in [5.41, 5.74) is 6.90. The molecule has 140 valence electrons. The van der Waals surface area contributed by atoms with Gasteiger partial charge in [-0.15, -0.1) is 0 Å². The zero-order valence-electron chi connectivity index (χ0n) is 16.4. The average molecular weight is 369 g/mol. The molecular formula is C24H23N3O. The summed E-state index contributed by atoms with van der Waals surface area (Å²) >= 11 is 0. The molecule has 0 unspecified atom stereocenters. The lowest BCUT2D eigenvalue weighted by molar-refractivity contribution is 0.105. The highest BCUT2D eigenvalue weighted by Gasteiger charge is 2.27. The summed E-state index contributed by atoms with van der Waals surface area (Å²) in [6, 6.07) is 16.4. The Balaban J connectivity index is 1.76. The highest BCUT2D eigenvalue weighted by Crippen LogP contribution is 2.35. The number of nitrogens with one attached hydrogen (secondary N) is 1. The van der Waals surface area contributed by atoms with E-state index in [1.165, 1.54) is 10.9 Å². The van der Waals surface area contributed by atoms with Gasteiger partial charge in [0.2, 0.25) is 0 Å². The van der Waals surface area contributed by atoms with E-state index in [1.807, 2.05) is 51.5 Å². The molecule has 0 saturated heterocycles. The fourth-order valence-corrected chi connectivity index (χ4v) is 4.44. The molecule has 2 aromatic heterocycles. The van der Waals surface area contributed by atoms with Gasteiger partial charge in [0.15, 0.2) is 5.78 Å². The smallest absolute Gasteiger partial charge is 0.199 e. The van der Waals surface area contributed by atoms with Crippen molar-refractivity contribution in [3.8, 4) is 0 Å². The minimum absolute atomic E-state index is 0.0795. The van der Waals surface area contributed by atoms with Crippen molar-refractivity contribution in [2.24, 2.45) is 7.05 Å². The maximum Gasteiger partial charge on any atom is 0.199 e. The van der Waals surface area contributed by atoms with E-state index in [1.54, 1.807) is 0 Å². The van der Waals surface area contributed by atoms with Crippen molar-refractivity contribution in [2.75, 3.05) is 13.6 Å². The maximum absolute atomic E-state index is 13.9. The van der Waals surface area contributed by atoms with Crippen LogP contribution in [0.3, 0.4) is 0 Å². The number of fused-ring (bicyclic) bond motifs is 4. The molecule has 28 heavy (non-hydrogen) atoms. The number of allylic oxidation sites excluding steroid dienone is 1. The summed E-state index contributed by atoms with van der Waals surface area (Å²) in [5, 5.41) is 2.22. The van der Waals surface area contributed by atoms with Crippen molar-refractivity contribution in [1.29, 1.82) is 0 Å². The van der Waals surface area contributed by atoms with E-state index in [-0.39, 0.29) is 5.78 Å². The highest BCUT2D eigenvalue weighted by atomic mass is 16.1. The van der Waals surface area contributed by atoms with Gasteiger partial charge in [0.05, 0.1) is 16.8 Å². The summed E-state index contributed by atoms with van der Waals surface area (Å²) in [7, 11) is 4.06. The van der Waals surface area contributed by atoms with Crippen LogP contribution in [0.2, 0.25) is 0 Å². The number of aromatic nitrogens is 2. The number of Topliss-reactive ketones (excluding diaryl/α,β-unsaturated/α-hetero) is 1. The first-order valence-corrected chi connectivity index (χ1v) is 9.67. The SMILES string of the molecule is Cc1c(C(=O)C2=CN(C)CCc3c2[nH]c2ccccc32)c2ccccc2n1C. The molecule has 1 N–H and O–H groups in total. The lowest BCUT2D eigenvalue weighted by atomic mass is 9.96. The molecule has 4 nitrogen and oxygen atoms in total. The van der Waals surface area contributed by atoms with Gasteiger partial charge in [-0.2, -0.15) is 0 Å². The van der Waals surface area contributed by atoms with Crippen LogP contribution in [-0.4, -0.2) is 33.8 Å².